The van der Waals surface area contributed by atoms with Crippen LogP contribution in [-0.4, -0.2) is 11.2 Å². The second kappa shape index (κ2) is 3.77. The molecule has 0 saturated heterocycles. The number of aliphatic hydroxyl groups is 1. The summed E-state index contributed by atoms with van der Waals surface area (Å²) in [6.07, 6.45) is 9.10. The molecule has 0 heterocycles. The molecule has 2 atom stereocenters. The first-order valence-corrected chi connectivity index (χ1v) is 2.92. The average molecular weight is 134 g/mol. The van der Waals surface area contributed by atoms with Crippen LogP contribution >= 0.6 is 0 Å². The quantitative estimate of drug-likeness (QED) is 0.437. The minimum Gasteiger partial charge on any atom is -0.376 e. The van der Waals surface area contributed by atoms with E-state index in [1.54, 1.807) is 6.92 Å². The van der Waals surface area contributed by atoms with Crippen LogP contribution in [0.3, 0.4) is 0 Å². The van der Waals surface area contributed by atoms with Crippen LogP contribution in [0.2, 0.25) is 0 Å². The van der Waals surface area contributed by atoms with Crippen molar-refractivity contribution in [2.45, 2.75) is 13.0 Å². The zero-order valence-corrected chi connectivity index (χ0v) is 5.96. The van der Waals surface area contributed by atoms with Gasteiger partial charge in [0.25, 0.3) is 0 Å². The summed E-state index contributed by atoms with van der Waals surface area (Å²) < 4.78 is 0. The highest BCUT2D eigenvalue weighted by Gasteiger charge is 2.09. The lowest BCUT2D eigenvalue weighted by atomic mass is 9.99. The molecule has 0 saturated carbocycles. The Morgan fingerprint density at radius 3 is 2.30 bits per heavy atom. The van der Waals surface area contributed by atoms with Crippen molar-refractivity contribution < 1.29 is 5.11 Å². The van der Waals surface area contributed by atoms with E-state index in [2.05, 4.69) is 18.4 Å². The van der Waals surface area contributed by atoms with E-state index in [9.17, 15) is 0 Å². The van der Waals surface area contributed by atoms with Crippen molar-refractivity contribution in [1.82, 2.24) is 0 Å². The summed E-state index contributed by atoms with van der Waals surface area (Å²) in [4.78, 5) is 0. The third-order valence-corrected chi connectivity index (χ3v) is 1.32. The molecule has 0 amide bonds. The van der Waals surface area contributed by atoms with Gasteiger partial charge in [-0.05, 0) is 12.5 Å². The molecule has 0 aliphatic carbocycles. The lowest BCUT2D eigenvalue weighted by Crippen LogP contribution is -2.11. The number of rotatable bonds is 2. The van der Waals surface area contributed by atoms with Crippen molar-refractivity contribution >= 4 is 0 Å². The van der Waals surface area contributed by atoms with Gasteiger partial charge in [0.05, 0.1) is 0 Å². The monoisotopic (exact) mass is 134 g/mol. The van der Waals surface area contributed by atoms with Crippen molar-refractivity contribution in [2.24, 2.45) is 5.92 Å². The van der Waals surface area contributed by atoms with Crippen molar-refractivity contribution in [2.75, 3.05) is 0 Å². The summed E-state index contributed by atoms with van der Waals surface area (Å²) in [6, 6.07) is 0. The zero-order valence-electron chi connectivity index (χ0n) is 5.96. The Labute approximate surface area is 61.8 Å². The normalized spacial score (nSPS) is 14.4. The van der Waals surface area contributed by atoms with E-state index >= 15 is 0 Å². The molecule has 0 bridgehead atoms. The Morgan fingerprint density at radius 2 is 2.00 bits per heavy atom. The highest BCUT2D eigenvalue weighted by atomic mass is 16.3. The van der Waals surface area contributed by atoms with Crippen LogP contribution in [0.15, 0.2) is 12.2 Å². The molecule has 1 heteroatoms. The summed E-state index contributed by atoms with van der Waals surface area (Å²) in [5.41, 5.74) is 0.505. The van der Waals surface area contributed by atoms with E-state index in [1.165, 1.54) is 0 Å². The molecule has 52 valence electrons. The molecule has 0 fully saturated rings. The van der Waals surface area contributed by atoms with Gasteiger partial charge < -0.3 is 5.11 Å². The van der Waals surface area contributed by atoms with Crippen molar-refractivity contribution in [3.8, 4) is 24.7 Å². The fraction of sp³-hybridized carbons (Fsp3) is 0.333. The highest BCUT2D eigenvalue weighted by molar-refractivity contribution is 5.23. The largest absolute Gasteiger partial charge is 0.376 e. The molecule has 0 spiro atoms. The molecule has 2 unspecified atom stereocenters. The van der Waals surface area contributed by atoms with Gasteiger partial charge in [-0.1, -0.05) is 18.4 Å². The summed E-state index contributed by atoms with van der Waals surface area (Å²) in [6.45, 7) is 5.33. The molecule has 0 aromatic rings. The smallest absolute Gasteiger partial charge is 0.136 e. The SMILES string of the molecule is C#CC(C)C(=C)C(O)C#C. The van der Waals surface area contributed by atoms with E-state index in [0.29, 0.717) is 5.57 Å². The predicted octanol–water partition coefficient (Wildman–Crippen LogP) is 0.806. The van der Waals surface area contributed by atoms with Crippen LogP contribution in [0.25, 0.3) is 0 Å². The van der Waals surface area contributed by atoms with Gasteiger partial charge >= 0.3 is 0 Å². The van der Waals surface area contributed by atoms with Gasteiger partial charge in [-0.25, -0.2) is 0 Å². The average Bonchev–Trinajstić information content (AvgIpc) is 2.00. The number of hydrogen-bond donors (Lipinski definition) is 1. The first kappa shape index (κ1) is 8.82. The van der Waals surface area contributed by atoms with Gasteiger partial charge in [-0.3, -0.25) is 0 Å². The van der Waals surface area contributed by atoms with Gasteiger partial charge in [0.1, 0.15) is 6.10 Å². The Bertz CT molecular complexity index is 180. The lowest BCUT2D eigenvalue weighted by molar-refractivity contribution is 0.260. The van der Waals surface area contributed by atoms with Crippen LogP contribution in [0.1, 0.15) is 6.92 Å². The first-order chi connectivity index (χ1) is 4.63. The second-order valence-electron chi connectivity index (χ2n) is 2.03. The molecule has 0 aromatic carbocycles. The molecular weight excluding hydrogens is 124 g/mol. The minimum atomic E-state index is -0.911. The molecule has 1 N–H and O–H groups in total. The maximum atomic E-state index is 9.00. The summed E-state index contributed by atoms with van der Waals surface area (Å²) in [7, 11) is 0. The van der Waals surface area contributed by atoms with Crippen LogP contribution in [0.5, 0.6) is 0 Å². The van der Waals surface area contributed by atoms with E-state index in [0.717, 1.165) is 0 Å². The van der Waals surface area contributed by atoms with Crippen molar-refractivity contribution in [3.05, 3.63) is 12.2 Å². The fourth-order valence-electron chi connectivity index (χ4n) is 0.451. The molecule has 10 heavy (non-hydrogen) atoms. The van der Waals surface area contributed by atoms with Crippen LogP contribution < -0.4 is 0 Å². The Hall–Kier alpha value is -1.18. The fourth-order valence-corrected chi connectivity index (χ4v) is 0.451. The molecule has 0 rings (SSSR count). The Kier molecular flexibility index (Phi) is 3.33. The van der Waals surface area contributed by atoms with Crippen LogP contribution in [0.4, 0.5) is 0 Å². The number of aliphatic hydroxyl groups excluding tert-OH is 1. The Morgan fingerprint density at radius 1 is 1.50 bits per heavy atom. The molecular formula is C9H10O. The summed E-state index contributed by atoms with van der Waals surface area (Å²) in [5.74, 6) is 4.40. The zero-order chi connectivity index (χ0) is 8.15. The Balaban J connectivity index is 4.15. The van der Waals surface area contributed by atoms with Crippen molar-refractivity contribution in [1.29, 1.82) is 0 Å². The standard InChI is InChI=1S/C9H10O/c1-5-7(3)8(4)9(10)6-2/h1-2,7,9-10H,4H2,3H3. The van der Waals surface area contributed by atoms with E-state index in [-0.39, 0.29) is 5.92 Å². The van der Waals surface area contributed by atoms with Crippen LogP contribution in [0, 0.1) is 30.6 Å². The van der Waals surface area contributed by atoms with Crippen molar-refractivity contribution in [3.63, 3.8) is 0 Å². The van der Waals surface area contributed by atoms with Gasteiger partial charge in [-0.2, -0.15) is 0 Å². The lowest BCUT2D eigenvalue weighted by Gasteiger charge is -2.09. The summed E-state index contributed by atoms with van der Waals surface area (Å²) in [5, 5.41) is 9.00. The molecule has 1 nitrogen and oxygen atoms in total. The van der Waals surface area contributed by atoms with Gasteiger partial charge in [0, 0.05) is 5.92 Å². The maximum absolute atomic E-state index is 9.00. The van der Waals surface area contributed by atoms with E-state index < -0.39 is 6.10 Å². The molecule has 0 aromatic heterocycles. The second-order valence-corrected chi connectivity index (χ2v) is 2.03. The first-order valence-electron chi connectivity index (χ1n) is 2.92. The predicted molar refractivity (Wildman–Crippen MR) is 42.0 cm³/mol. The van der Waals surface area contributed by atoms with Crippen LogP contribution in [-0.2, 0) is 0 Å². The highest BCUT2D eigenvalue weighted by Crippen LogP contribution is 2.10. The molecule has 0 aliphatic rings. The molecule has 0 aliphatic heterocycles. The summed E-state index contributed by atoms with van der Waals surface area (Å²) >= 11 is 0. The number of terminal acetylenes is 2. The molecule has 0 radical (unpaired) electrons. The van der Waals surface area contributed by atoms with Gasteiger partial charge in [0.15, 0.2) is 0 Å². The van der Waals surface area contributed by atoms with Gasteiger partial charge in [-0.15, -0.1) is 12.8 Å². The van der Waals surface area contributed by atoms with E-state index in [1.807, 2.05) is 0 Å². The third kappa shape index (κ3) is 1.97. The van der Waals surface area contributed by atoms with Gasteiger partial charge in [0.2, 0.25) is 0 Å². The third-order valence-electron chi connectivity index (χ3n) is 1.32. The number of hydrogen-bond acceptors (Lipinski definition) is 1. The van der Waals surface area contributed by atoms with E-state index in [4.69, 9.17) is 18.0 Å². The minimum absolute atomic E-state index is 0.161. The maximum Gasteiger partial charge on any atom is 0.136 e. The topological polar surface area (TPSA) is 20.2 Å².